The predicted molar refractivity (Wildman–Crippen MR) is 105 cm³/mol. The summed E-state index contributed by atoms with van der Waals surface area (Å²) >= 11 is 0. The smallest absolute Gasteiger partial charge is 0.325 e. The fraction of sp³-hybridized carbons (Fsp3) is 0.286. The molecule has 3 rings (SSSR count). The van der Waals surface area contributed by atoms with Crippen LogP contribution in [0.4, 0.5) is 16.2 Å². The van der Waals surface area contributed by atoms with Crippen molar-refractivity contribution >= 4 is 29.2 Å². The summed E-state index contributed by atoms with van der Waals surface area (Å²) in [5.74, 6) is -0.784. The molecule has 1 N–H and O–H groups in total. The van der Waals surface area contributed by atoms with E-state index in [9.17, 15) is 14.4 Å². The zero-order valence-corrected chi connectivity index (χ0v) is 15.9. The second-order valence-corrected chi connectivity index (χ2v) is 6.94. The molecule has 27 heavy (non-hydrogen) atoms. The summed E-state index contributed by atoms with van der Waals surface area (Å²) < 4.78 is 0. The molecule has 0 aromatic heterocycles. The van der Waals surface area contributed by atoms with Crippen LogP contribution in [0, 0.1) is 20.8 Å². The lowest BCUT2D eigenvalue weighted by Gasteiger charge is -2.19. The molecule has 6 nitrogen and oxygen atoms in total. The number of amides is 4. The molecule has 0 bridgehead atoms. The highest BCUT2D eigenvalue weighted by Gasteiger charge is 2.44. The van der Waals surface area contributed by atoms with Crippen molar-refractivity contribution in [2.75, 3.05) is 16.8 Å². The van der Waals surface area contributed by atoms with Crippen LogP contribution < -0.4 is 10.2 Å². The average molecular weight is 365 g/mol. The van der Waals surface area contributed by atoms with Gasteiger partial charge in [-0.3, -0.25) is 19.4 Å². The van der Waals surface area contributed by atoms with Crippen molar-refractivity contribution in [1.29, 1.82) is 0 Å². The van der Waals surface area contributed by atoms with Crippen molar-refractivity contribution in [3.05, 3.63) is 59.2 Å². The van der Waals surface area contributed by atoms with Gasteiger partial charge in [0.2, 0.25) is 5.91 Å². The number of hydrogen-bond acceptors (Lipinski definition) is 3. The molecular formula is C21H23N3O3. The molecule has 4 amide bonds. The van der Waals surface area contributed by atoms with Gasteiger partial charge in [0.25, 0.3) is 5.91 Å². The molecule has 1 saturated heterocycles. The molecule has 1 atom stereocenters. The first-order valence-electron chi connectivity index (χ1n) is 8.86. The summed E-state index contributed by atoms with van der Waals surface area (Å²) in [5, 5.41) is 2.75. The Balaban J connectivity index is 1.73. The van der Waals surface area contributed by atoms with Crippen LogP contribution in [0.3, 0.4) is 0 Å². The van der Waals surface area contributed by atoms with Crippen LogP contribution in [0.2, 0.25) is 0 Å². The van der Waals surface area contributed by atoms with E-state index < -0.39 is 18.0 Å². The number of anilines is 2. The summed E-state index contributed by atoms with van der Waals surface area (Å²) in [6, 6.07) is 11.8. The minimum absolute atomic E-state index is 0.308. The topological polar surface area (TPSA) is 69.7 Å². The Bertz CT molecular complexity index is 905. The molecule has 0 radical (unpaired) electrons. The third kappa shape index (κ3) is 3.69. The third-order valence-corrected chi connectivity index (χ3v) is 4.85. The Morgan fingerprint density at radius 3 is 2.30 bits per heavy atom. The van der Waals surface area contributed by atoms with Crippen LogP contribution in [-0.4, -0.2) is 35.3 Å². The number of rotatable bonds is 4. The molecular weight excluding hydrogens is 342 g/mol. The Kier molecular flexibility index (Phi) is 4.99. The van der Waals surface area contributed by atoms with Crippen molar-refractivity contribution < 1.29 is 14.4 Å². The van der Waals surface area contributed by atoms with E-state index in [2.05, 4.69) is 5.32 Å². The first kappa shape index (κ1) is 18.6. The van der Waals surface area contributed by atoms with E-state index >= 15 is 0 Å². The highest BCUT2D eigenvalue weighted by atomic mass is 16.2. The van der Waals surface area contributed by atoms with Crippen molar-refractivity contribution in [2.45, 2.75) is 33.7 Å². The maximum atomic E-state index is 12.7. The number of hydrogen-bond donors (Lipinski definition) is 1. The van der Waals surface area contributed by atoms with Crippen LogP contribution in [0.5, 0.6) is 0 Å². The highest BCUT2D eigenvalue weighted by molar-refractivity contribution is 6.16. The zero-order valence-electron chi connectivity index (χ0n) is 15.9. The minimum atomic E-state index is -0.644. The lowest BCUT2D eigenvalue weighted by atomic mass is 10.1. The maximum absolute atomic E-state index is 12.7. The largest absolute Gasteiger partial charge is 0.332 e. The van der Waals surface area contributed by atoms with E-state index in [1.54, 1.807) is 25.1 Å². The van der Waals surface area contributed by atoms with Gasteiger partial charge >= 0.3 is 6.03 Å². The average Bonchev–Trinajstić information content (AvgIpc) is 2.83. The van der Waals surface area contributed by atoms with Gasteiger partial charge in [0.05, 0.1) is 0 Å². The molecule has 0 unspecified atom stereocenters. The number of nitrogens with one attached hydrogen (secondary N) is 1. The van der Waals surface area contributed by atoms with E-state index in [1.165, 1.54) is 4.90 Å². The number of carbonyl (C=O) groups is 3. The summed E-state index contributed by atoms with van der Waals surface area (Å²) in [4.78, 5) is 40.1. The highest BCUT2D eigenvalue weighted by Crippen LogP contribution is 2.26. The molecule has 0 spiro atoms. The summed E-state index contributed by atoms with van der Waals surface area (Å²) in [6.07, 6.45) is 0. The van der Waals surface area contributed by atoms with Gasteiger partial charge in [-0.1, -0.05) is 23.8 Å². The van der Waals surface area contributed by atoms with Gasteiger partial charge in [-0.25, -0.2) is 4.79 Å². The molecule has 0 aliphatic carbocycles. The summed E-state index contributed by atoms with van der Waals surface area (Å²) in [5.41, 5.74) is 4.53. The Morgan fingerprint density at radius 2 is 1.67 bits per heavy atom. The predicted octanol–water partition coefficient (Wildman–Crippen LogP) is 3.41. The SMILES string of the molecule is Cc1ccc(N2C(=O)N(CC(=O)Nc3ccc(C)c(C)c3)C(=O)[C@@H]2C)cc1. The van der Waals surface area contributed by atoms with Crippen LogP contribution in [-0.2, 0) is 9.59 Å². The molecule has 1 aliphatic heterocycles. The van der Waals surface area contributed by atoms with Crippen LogP contribution in [0.15, 0.2) is 42.5 Å². The Morgan fingerprint density at radius 1 is 1.00 bits per heavy atom. The molecule has 140 valence electrons. The van der Waals surface area contributed by atoms with E-state index in [1.807, 2.05) is 45.0 Å². The zero-order chi connectivity index (χ0) is 19.7. The number of aryl methyl sites for hydroxylation is 3. The lowest BCUT2D eigenvalue weighted by Crippen LogP contribution is -2.39. The van der Waals surface area contributed by atoms with Gasteiger partial charge < -0.3 is 5.32 Å². The summed E-state index contributed by atoms with van der Waals surface area (Å²) in [7, 11) is 0. The van der Waals surface area contributed by atoms with Crippen LogP contribution in [0.1, 0.15) is 23.6 Å². The number of nitrogens with zero attached hydrogens (tertiary/aromatic N) is 2. The number of carbonyl (C=O) groups excluding carboxylic acids is 3. The van der Waals surface area contributed by atoms with Crippen molar-refractivity contribution in [3.63, 3.8) is 0 Å². The van der Waals surface area contributed by atoms with Crippen molar-refractivity contribution in [2.24, 2.45) is 0 Å². The van der Waals surface area contributed by atoms with E-state index in [-0.39, 0.29) is 12.5 Å². The molecule has 2 aromatic rings. The normalized spacial score (nSPS) is 16.8. The molecule has 1 aliphatic rings. The van der Waals surface area contributed by atoms with E-state index in [0.29, 0.717) is 11.4 Å². The maximum Gasteiger partial charge on any atom is 0.332 e. The number of urea groups is 1. The molecule has 0 saturated carbocycles. The second kappa shape index (κ2) is 7.23. The van der Waals surface area contributed by atoms with Gasteiger partial charge in [0.1, 0.15) is 12.6 Å². The second-order valence-electron chi connectivity index (χ2n) is 6.94. The van der Waals surface area contributed by atoms with Crippen LogP contribution in [0.25, 0.3) is 0 Å². The van der Waals surface area contributed by atoms with Crippen LogP contribution >= 0.6 is 0 Å². The fourth-order valence-electron chi connectivity index (χ4n) is 3.07. The number of benzene rings is 2. The molecule has 2 aromatic carbocycles. The van der Waals surface area contributed by atoms with Gasteiger partial charge in [0, 0.05) is 11.4 Å². The quantitative estimate of drug-likeness (QED) is 0.844. The van der Waals surface area contributed by atoms with Gasteiger partial charge in [-0.05, 0) is 63.1 Å². The third-order valence-electron chi connectivity index (χ3n) is 4.85. The number of imide groups is 1. The molecule has 1 fully saturated rings. The standard InChI is InChI=1S/C21H23N3O3/c1-13-5-9-18(10-6-13)24-16(4)20(26)23(21(24)27)12-19(25)22-17-8-7-14(2)15(3)11-17/h5-11,16H,12H2,1-4H3,(H,22,25)/t16-/m0/s1. The van der Waals surface area contributed by atoms with Crippen molar-refractivity contribution in [1.82, 2.24) is 4.90 Å². The molecule has 6 heteroatoms. The Hall–Kier alpha value is -3.15. The first-order chi connectivity index (χ1) is 12.8. The minimum Gasteiger partial charge on any atom is -0.325 e. The monoisotopic (exact) mass is 365 g/mol. The molecule has 1 heterocycles. The first-order valence-corrected chi connectivity index (χ1v) is 8.86. The van der Waals surface area contributed by atoms with Crippen molar-refractivity contribution in [3.8, 4) is 0 Å². The van der Waals surface area contributed by atoms with E-state index in [4.69, 9.17) is 0 Å². The van der Waals surface area contributed by atoms with Gasteiger partial charge in [-0.15, -0.1) is 0 Å². The fourth-order valence-corrected chi connectivity index (χ4v) is 3.07. The Labute approximate surface area is 158 Å². The van der Waals surface area contributed by atoms with Gasteiger partial charge in [-0.2, -0.15) is 0 Å². The summed E-state index contributed by atoms with van der Waals surface area (Å²) in [6.45, 7) is 7.26. The van der Waals surface area contributed by atoms with Gasteiger partial charge in [0.15, 0.2) is 0 Å². The van der Waals surface area contributed by atoms with E-state index in [0.717, 1.165) is 21.6 Å². The lowest BCUT2D eigenvalue weighted by molar-refractivity contribution is -0.130.